The third-order valence-corrected chi connectivity index (χ3v) is 5.67. The molecule has 4 rings (SSSR count). The van der Waals surface area contributed by atoms with Gasteiger partial charge in [-0.2, -0.15) is 18.4 Å². The average molecular weight is 399 g/mol. The molecule has 0 unspecified atom stereocenters. The van der Waals surface area contributed by atoms with Crippen molar-refractivity contribution in [2.24, 2.45) is 5.10 Å². The molecule has 0 radical (unpaired) electrons. The van der Waals surface area contributed by atoms with Gasteiger partial charge in [0.05, 0.1) is 16.2 Å². The van der Waals surface area contributed by atoms with E-state index in [1.165, 1.54) is 24.3 Å². The standard InChI is InChI=1S/C19H17N3O5S/c1-11-2-5-13(6-3-11)28(25,26)22-21-15-8-9-20-19(24)18-17(15)14-10-12(23)4-7-16(14)27-18/h2-7,10,22-23H,8-9H2,1H3,(H,20,24)/b21-15+. The Morgan fingerprint density at radius 2 is 1.93 bits per heavy atom. The summed E-state index contributed by atoms with van der Waals surface area (Å²) in [6, 6.07) is 10.8. The molecule has 0 saturated carbocycles. The van der Waals surface area contributed by atoms with Crippen molar-refractivity contribution in [1.82, 2.24) is 10.1 Å². The molecule has 0 fully saturated rings. The smallest absolute Gasteiger partial charge is 0.287 e. The minimum Gasteiger partial charge on any atom is -0.508 e. The van der Waals surface area contributed by atoms with Crippen LogP contribution >= 0.6 is 0 Å². The number of aryl methyl sites for hydroxylation is 1. The molecule has 1 amide bonds. The summed E-state index contributed by atoms with van der Waals surface area (Å²) in [5, 5.41) is 17.1. The van der Waals surface area contributed by atoms with Gasteiger partial charge >= 0.3 is 0 Å². The lowest BCUT2D eigenvalue weighted by Gasteiger charge is -2.07. The fourth-order valence-corrected chi connectivity index (χ4v) is 3.86. The number of carbonyl (C=O) groups excluding carboxylic acids is 1. The lowest BCUT2D eigenvalue weighted by molar-refractivity contribution is 0.0931. The van der Waals surface area contributed by atoms with Crippen LogP contribution in [0.25, 0.3) is 11.0 Å². The first-order valence-corrected chi connectivity index (χ1v) is 10.0. The Morgan fingerprint density at radius 1 is 1.18 bits per heavy atom. The molecule has 1 aliphatic heterocycles. The van der Waals surface area contributed by atoms with E-state index in [-0.39, 0.29) is 22.9 Å². The minimum atomic E-state index is -3.87. The molecule has 0 bridgehead atoms. The summed E-state index contributed by atoms with van der Waals surface area (Å²) >= 11 is 0. The van der Waals surface area contributed by atoms with Gasteiger partial charge in [0.25, 0.3) is 15.9 Å². The number of hydrogen-bond donors (Lipinski definition) is 3. The lowest BCUT2D eigenvalue weighted by atomic mass is 10.0. The second-order valence-corrected chi connectivity index (χ2v) is 8.12. The van der Waals surface area contributed by atoms with Crippen LogP contribution in [-0.2, 0) is 10.0 Å². The highest BCUT2D eigenvalue weighted by atomic mass is 32.2. The molecule has 144 valence electrons. The summed E-state index contributed by atoms with van der Waals surface area (Å²) in [5.41, 5.74) is 2.04. The Balaban J connectivity index is 1.79. The first-order valence-electron chi connectivity index (χ1n) is 8.54. The molecule has 28 heavy (non-hydrogen) atoms. The minimum absolute atomic E-state index is 0.000316. The summed E-state index contributed by atoms with van der Waals surface area (Å²) in [7, 11) is -3.87. The molecule has 1 aromatic heterocycles. The van der Waals surface area contributed by atoms with Crippen LogP contribution in [0.3, 0.4) is 0 Å². The van der Waals surface area contributed by atoms with E-state index in [0.717, 1.165) is 5.56 Å². The molecule has 0 spiro atoms. The SMILES string of the molecule is Cc1ccc(S(=O)(=O)N/N=C2\CCNC(=O)c3oc4ccc(O)cc4c32)cc1. The number of fused-ring (bicyclic) bond motifs is 3. The van der Waals surface area contributed by atoms with Crippen molar-refractivity contribution in [1.29, 1.82) is 0 Å². The predicted octanol–water partition coefficient (Wildman–Crippen LogP) is 2.26. The van der Waals surface area contributed by atoms with Crippen molar-refractivity contribution in [3.05, 3.63) is 59.4 Å². The number of sulfonamides is 1. The fourth-order valence-electron chi connectivity index (χ4n) is 3.03. The molecule has 1 aliphatic rings. The zero-order chi connectivity index (χ0) is 19.9. The number of phenols is 1. The number of hydrogen-bond acceptors (Lipinski definition) is 6. The van der Waals surface area contributed by atoms with Gasteiger partial charge < -0.3 is 14.8 Å². The monoisotopic (exact) mass is 399 g/mol. The normalized spacial score (nSPS) is 15.9. The van der Waals surface area contributed by atoms with Gasteiger partial charge in [-0.3, -0.25) is 4.79 Å². The highest BCUT2D eigenvalue weighted by molar-refractivity contribution is 7.89. The van der Waals surface area contributed by atoms with Gasteiger partial charge in [-0.15, -0.1) is 0 Å². The summed E-state index contributed by atoms with van der Waals surface area (Å²) in [5.74, 6) is -0.385. The van der Waals surface area contributed by atoms with Crippen LogP contribution < -0.4 is 10.1 Å². The summed E-state index contributed by atoms with van der Waals surface area (Å²) < 4.78 is 30.7. The molecule has 9 heteroatoms. The molecule has 3 aromatic rings. The Hall–Kier alpha value is -3.33. The van der Waals surface area contributed by atoms with E-state index in [1.54, 1.807) is 18.2 Å². The Labute approximate surface area is 160 Å². The molecule has 0 atom stereocenters. The van der Waals surface area contributed by atoms with Crippen molar-refractivity contribution in [2.75, 3.05) is 6.54 Å². The Bertz CT molecular complexity index is 1210. The molecule has 8 nitrogen and oxygen atoms in total. The molecule has 0 saturated heterocycles. The first kappa shape index (κ1) is 18.1. The molecule has 3 N–H and O–H groups in total. The third-order valence-electron chi connectivity index (χ3n) is 4.45. The van der Waals surface area contributed by atoms with Crippen LogP contribution in [0.15, 0.2) is 56.9 Å². The van der Waals surface area contributed by atoms with Crippen LogP contribution in [-0.4, -0.2) is 31.7 Å². The van der Waals surface area contributed by atoms with Crippen molar-refractivity contribution in [2.45, 2.75) is 18.2 Å². The number of aromatic hydroxyl groups is 1. The summed E-state index contributed by atoms with van der Waals surface area (Å²) in [6.07, 6.45) is 0.291. The number of benzene rings is 2. The van der Waals surface area contributed by atoms with Crippen LogP contribution in [0, 0.1) is 6.92 Å². The highest BCUT2D eigenvalue weighted by Gasteiger charge is 2.28. The number of nitrogens with one attached hydrogen (secondary N) is 2. The number of hydrazone groups is 1. The maximum Gasteiger partial charge on any atom is 0.287 e. The molecule has 2 aromatic carbocycles. The van der Waals surface area contributed by atoms with Gasteiger partial charge in [0.1, 0.15) is 11.3 Å². The van der Waals surface area contributed by atoms with Gasteiger partial charge in [-0.1, -0.05) is 17.7 Å². The van der Waals surface area contributed by atoms with E-state index in [2.05, 4.69) is 15.2 Å². The Morgan fingerprint density at radius 3 is 2.68 bits per heavy atom. The van der Waals surface area contributed by atoms with Crippen molar-refractivity contribution < 1.29 is 22.7 Å². The molecule has 0 aliphatic carbocycles. The maximum absolute atomic E-state index is 12.5. The van der Waals surface area contributed by atoms with Crippen molar-refractivity contribution >= 4 is 32.6 Å². The van der Waals surface area contributed by atoms with E-state index >= 15 is 0 Å². The quantitative estimate of drug-likeness (QED) is 0.584. The number of phenolic OH excluding ortho intramolecular Hbond substituents is 1. The van der Waals surface area contributed by atoms with Gasteiger partial charge in [0.2, 0.25) is 5.76 Å². The maximum atomic E-state index is 12.5. The second-order valence-electron chi connectivity index (χ2n) is 6.46. The van der Waals surface area contributed by atoms with Crippen LogP contribution in [0.2, 0.25) is 0 Å². The lowest BCUT2D eigenvalue weighted by Crippen LogP contribution is -2.23. The van der Waals surface area contributed by atoms with Gasteiger partial charge in [-0.25, -0.2) is 0 Å². The van der Waals surface area contributed by atoms with E-state index in [1.807, 2.05) is 6.92 Å². The number of amides is 1. The van der Waals surface area contributed by atoms with Gasteiger partial charge in [0.15, 0.2) is 0 Å². The highest BCUT2D eigenvalue weighted by Crippen LogP contribution is 2.31. The zero-order valence-electron chi connectivity index (χ0n) is 14.9. The van der Waals surface area contributed by atoms with Gasteiger partial charge in [-0.05, 0) is 37.3 Å². The number of carbonyl (C=O) groups is 1. The fraction of sp³-hybridized carbons (Fsp3) is 0.158. The van der Waals surface area contributed by atoms with Crippen LogP contribution in [0.4, 0.5) is 0 Å². The first-order chi connectivity index (χ1) is 13.3. The second kappa shape index (κ2) is 6.68. The number of nitrogens with zero attached hydrogens (tertiary/aromatic N) is 1. The van der Waals surface area contributed by atoms with Crippen molar-refractivity contribution in [3.63, 3.8) is 0 Å². The van der Waals surface area contributed by atoms with E-state index in [4.69, 9.17) is 4.42 Å². The topological polar surface area (TPSA) is 121 Å². The number of rotatable bonds is 3. The zero-order valence-corrected chi connectivity index (χ0v) is 15.7. The van der Waals surface area contributed by atoms with E-state index < -0.39 is 15.9 Å². The summed E-state index contributed by atoms with van der Waals surface area (Å²) in [6.45, 7) is 2.13. The largest absolute Gasteiger partial charge is 0.508 e. The van der Waals surface area contributed by atoms with E-state index in [0.29, 0.717) is 28.7 Å². The van der Waals surface area contributed by atoms with Gasteiger partial charge in [0, 0.05) is 18.4 Å². The van der Waals surface area contributed by atoms with Crippen LogP contribution in [0.5, 0.6) is 5.75 Å². The third kappa shape index (κ3) is 3.20. The van der Waals surface area contributed by atoms with Crippen molar-refractivity contribution in [3.8, 4) is 5.75 Å². The molecule has 2 heterocycles. The molecular weight excluding hydrogens is 382 g/mol. The van der Waals surface area contributed by atoms with Crippen LogP contribution in [0.1, 0.15) is 28.1 Å². The average Bonchev–Trinajstić information content (AvgIpc) is 2.95. The molecular formula is C19H17N3O5S. The predicted molar refractivity (Wildman–Crippen MR) is 103 cm³/mol. The Kier molecular flexibility index (Phi) is 4.31. The number of furan rings is 1. The van der Waals surface area contributed by atoms with E-state index in [9.17, 15) is 18.3 Å². The summed E-state index contributed by atoms with van der Waals surface area (Å²) in [4.78, 5) is 14.6.